The van der Waals surface area contributed by atoms with Crippen molar-refractivity contribution in [1.82, 2.24) is 10.2 Å². The first kappa shape index (κ1) is 14.8. The molecular formula is C15H18BrIN2O. The van der Waals surface area contributed by atoms with Crippen LogP contribution in [0.15, 0.2) is 22.7 Å². The number of hydrogen-bond acceptors (Lipinski definition) is 2. The first-order valence-electron chi connectivity index (χ1n) is 6.89. The molecule has 0 saturated carbocycles. The molecule has 0 aromatic heterocycles. The Morgan fingerprint density at radius 1 is 1.45 bits per heavy atom. The summed E-state index contributed by atoms with van der Waals surface area (Å²) in [7, 11) is 0. The molecule has 2 fully saturated rings. The van der Waals surface area contributed by atoms with Crippen LogP contribution < -0.4 is 5.32 Å². The van der Waals surface area contributed by atoms with Crippen LogP contribution in [0.25, 0.3) is 0 Å². The first-order valence-corrected chi connectivity index (χ1v) is 8.76. The van der Waals surface area contributed by atoms with Gasteiger partial charge in [-0.3, -0.25) is 4.79 Å². The van der Waals surface area contributed by atoms with Crippen LogP contribution >= 0.6 is 38.5 Å². The van der Waals surface area contributed by atoms with Crippen LogP contribution in [0.2, 0.25) is 0 Å². The molecule has 3 nitrogen and oxygen atoms in total. The van der Waals surface area contributed by atoms with Crippen molar-refractivity contribution in [1.29, 1.82) is 0 Å². The number of carbonyl (C=O) groups is 1. The van der Waals surface area contributed by atoms with E-state index in [2.05, 4.69) is 62.6 Å². The summed E-state index contributed by atoms with van der Waals surface area (Å²) in [6, 6.07) is 5.94. The van der Waals surface area contributed by atoms with Crippen LogP contribution in [-0.4, -0.2) is 36.0 Å². The number of benzene rings is 1. The molecule has 5 heteroatoms. The van der Waals surface area contributed by atoms with Gasteiger partial charge in [0.15, 0.2) is 0 Å². The van der Waals surface area contributed by atoms with E-state index in [0.717, 1.165) is 33.2 Å². The van der Waals surface area contributed by atoms with Crippen molar-refractivity contribution in [2.75, 3.05) is 19.6 Å². The number of nitrogens with zero attached hydrogens (tertiary/aromatic N) is 1. The maximum absolute atomic E-state index is 12.9. The predicted molar refractivity (Wildman–Crippen MR) is 91.8 cm³/mol. The lowest BCUT2D eigenvalue weighted by molar-refractivity contribution is 0.0602. The molecule has 1 N–H and O–H groups in total. The summed E-state index contributed by atoms with van der Waals surface area (Å²) in [5, 5.41) is 3.45. The largest absolute Gasteiger partial charge is 0.333 e. The highest BCUT2D eigenvalue weighted by atomic mass is 127. The van der Waals surface area contributed by atoms with Crippen LogP contribution in [-0.2, 0) is 0 Å². The van der Waals surface area contributed by atoms with Gasteiger partial charge < -0.3 is 10.2 Å². The zero-order valence-corrected chi connectivity index (χ0v) is 15.4. The van der Waals surface area contributed by atoms with Crippen LogP contribution in [0, 0.1) is 15.4 Å². The van der Waals surface area contributed by atoms with Crippen molar-refractivity contribution in [3.63, 3.8) is 0 Å². The highest BCUT2D eigenvalue weighted by molar-refractivity contribution is 14.1. The summed E-state index contributed by atoms with van der Waals surface area (Å²) in [6.07, 6.45) is 0. The Hall–Kier alpha value is -0.140. The van der Waals surface area contributed by atoms with Gasteiger partial charge in [-0.2, -0.15) is 0 Å². The van der Waals surface area contributed by atoms with Gasteiger partial charge in [-0.05, 0) is 82.4 Å². The van der Waals surface area contributed by atoms with Crippen LogP contribution in [0.5, 0.6) is 0 Å². The van der Waals surface area contributed by atoms with Gasteiger partial charge >= 0.3 is 0 Å². The normalized spacial score (nSPS) is 27.7. The third kappa shape index (κ3) is 2.31. The molecule has 3 rings (SSSR count). The first-order chi connectivity index (χ1) is 9.41. The highest BCUT2D eigenvalue weighted by Gasteiger charge is 2.51. The molecule has 0 bridgehead atoms. The van der Waals surface area contributed by atoms with E-state index < -0.39 is 0 Å². The topological polar surface area (TPSA) is 32.3 Å². The molecule has 1 amide bonds. The van der Waals surface area contributed by atoms with Crippen LogP contribution in [0.1, 0.15) is 24.2 Å². The fourth-order valence-corrected chi connectivity index (χ4v) is 4.48. The summed E-state index contributed by atoms with van der Waals surface area (Å²) in [5.41, 5.74) is 0.698. The third-order valence-corrected chi connectivity index (χ3v) is 6.13. The fraction of sp³-hybridized carbons (Fsp3) is 0.533. The second kappa shape index (κ2) is 5.25. The summed E-state index contributed by atoms with van der Waals surface area (Å²) in [5.74, 6) is 1.30. The van der Waals surface area contributed by atoms with Gasteiger partial charge in [0.05, 0.1) is 5.56 Å². The van der Waals surface area contributed by atoms with E-state index in [0.29, 0.717) is 11.8 Å². The quantitative estimate of drug-likeness (QED) is 0.669. The molecular weight excluding hydrogens is 431 g/mol. The molecule has 108 valence electrons. The lowest BCUT2D eigenvalue weighted by Gasteiger charge is -2.36. The molecule has 1 aromatic carbocycles. The van der Waals surface area contributed by atoms with Gasteiger partial charge in [0.1, 0.15) is 0 Å². The molecule has 0 spiro atoms. The number of amides is 1. The number of likely N-dealkylation sites (tertiary alicyclic amines) is 1. The smallest absolute Gasteiger partial charge is 0.255 e. The van der Waals surface area contributed by atoms with E-state index in [9.17, 15) is 4.79 Å². The van der Waals surface area contributed by atoms with Gasteiger partial charge in [-0.25, -0.2) is 0 Å². The summed E-state index contributed by atoms with van der Waals surface area (Å²) < 4.78 is 1.97. The number of fused-ring (bicyclic) bond motifs is 1. The molecule has 0 aliphatic carbocycles. The summed E-state index contributed by atoms with van der Waals surface area (Å²) in [4.78, 5) is 15.0. The third-order valence-electron chi connectivity index (χ3n) is 4.76. The van der Waals surface area contributed by atoms with Gasteiger partial charge in [0, 0.05) is 33.2 Å². The molecule has 2 aliphatic rings. The zero-order chi connectivity index (χ0) is 14.5. The van der Waals surface area contributed by atoms with Crippen LogP contribution in [0.3, 0.4) is 0 Å². The Kier molecular flexibility index (Phi) is 3.88. The Morgan fingerprint density at radius 2 is 2.20 bits per heavy atom. The minimum absolute atomic E-state index is 0.0774. The van der Waals surface area contributed by atoms with E-state index in [1.165, 1.54) is 0 Å². The molecule has 2 aliphatic heterocycles. The molecule has 1 aromatic rings. The maximum Gasteiger partial charge on any atom is 0.255 e. The van der Waals surface area contributed by atoms with E-state index in [-0.39, 0.29) is 11.4 Å². The second-order valence-corrected chi connectivity index (χ2v) is 8.32. The molecule has 2 unspecified atom stereocenters. The van der Waals surface area contributed by atoms with E-state index >= 15 is 0 Å². The second-order valence-electron chi connectivity index (χ2n) is 6.22. The zero-order valence-electron chi connectivity index (χ0n) is 11.6. The number of hydrogen-bond donors (Lipinski definition) is 1. The predicted octanol–water partition coefficient (Wildman–Crippen LogP) is 3.12. The van der Waals surface area contributed by atoms with E-state index in [1.54, 1.807) is 0 Å². The lowest BCUT2D eigenvalue weighted by Crippen LogP contribution is -2.47. The maximum atomic E-state index is 12.9. The van der Waals surface area contributed by atoms with Gasteiger partial charge in [-0.1, -0.05) is 0 Å². The van der Waals surface area contributed by atoms with E-state index in [1.807, 2.05) is 18.2 Å². The van der Waals surface area contributed by atoms with Crippen molar-refractivity contribution in [2.24, 2.45) is 11.8 Å². The molecule has 2 atom stereocenters. The summed E-state index contributed by atoms with van der Waals surface area (Å²) >= 11 is 5.77. The molecule has 20 heavy (non-hydrogen) atoms. The van der Waals surface area contributed by atoms with Crippen molar-refractivity contribution < 1.29 is 4.79 Å². The van der Waals surface area contributed by atoms with Crippen molar-refractivity contribution >= 4 is 44.4 Å². The number of carbonyl (C=O) groups excluding carboxylic acids is 1. The minimum Gasteiger partial charge on any atom is -0.333 e. The number of nitrogens with one attached hydrogen (secondary N) is 1. The number of rotatable bonds is 1. The van der Waals surface area contributed by atoms with E-state index in [4.69, 9.17) is 0 Å². The van der Waals surface area contributed by atoms with Crippen molar-refractivity contribution in [3.8, 4) is 0 Å². The van der Waals surface area contributed by atoms with Gasteiger partial charge in [0.2, 0.25) is 0 Å². The van der Waals surface area contributed by atoms with Gasteiger partial charge in [-0.15, -0.1) is 0 Å². The summed E-state index contributed by atoms with van der Waals surface area (Å²) in [6.45, 7) is 7.32. The molecule has 2 heterocycles. The average molecular weight is 449 g/mol. The highest BCUT2D eigenvalue weighted by Crippen LogP contribution is 2.41. The lowest BCUT2D eigenvalue weighted by atomic mass is 9.84. The Balaban J connectivity index is 1.93. The van der Waals surface area contributed by atoms with Gasteiger partial charge in [0.25, 0.3) is 5.91 Å². The van der Waals surface area contributed by atoms with Crippen molar-refractivity contribution in [2.45, 2.75) is 19.4 Å². The monoisotopic (exact) mass is 448 g/mol. The standard InChI is InChI=1S/C15H18BrIN2O/c1-15(2)12-7-18-6-9(12)8-19(15)14(20)11-5-10(17)3-4-13(11)16/h3-5,9,12,18H,6-8H2,1-2H3. The Labute approximate surface area is 141 Å². The minimum atomic E-state index is -0.0774. The SMILES string of the molecule is CC1(C)C2CNCC2CN1C(=O)c1cc(I)ccc1Br. The Bertz CT molecular complexity index is 561. The molecule has 0 radical (unpaired) electrons. The van der Waals surface area contributed by atoms with Crippen LogP contribution in [0.4, 0.5) is 0 Å². The molecule has 2 saturated heterocycles. The van der Waals surface area contributed by atoms with Crippen molar-refractivity contribution in [3.05, 3.63) is 31.8 Å². The Morgan fingerprint density at radius 3 is 2.90 bits per heavy atom. The number of halogens is 2. The fourth-order valence-electron chi connectivity index (χ4n) is 3.57. The average Bonchev–Trinajstić information content (AvgIpc) is 2.94.